The number of hydrogen-bond acceptors (Lipinski definition) is 5. The van der Waals surface area contributed by atoms with Crippen LogP contribution in [0.4, 0.5) is 0 Å². The summed E-state index contributed by atoms with van der Waals surface area (Å²) < 4.78 is 6.34. The first kappa shape index (κ1) is 12.7. The Morgan fingerprint density at radius 1 is 1.61 bits per heavy atom. The molecule has 0 aliphatic carbocycles. The molecule has 0 radical (unpaired) electrons. The first-order chi connectivity index (χ1) is 8.56. The number of methoxy groups -OCH3 is 1. The summed E-state index contributed by atoms with van der Waals surface area (Å²) in [6, 6.07) is 0. The molecular formula is C11H12N2O4S. The van der Waals surface area contributed by atoms with Crippen LogP contribution in [-0.2, 0) is 11.3 Å². The van der Waals surface area contributed by atoms with Crippen molar-refractivity contribution in [1.82, 2.24) is 9.55 Å². The molecule has 18 heavy (non-hydrogen) atoms. The Morgan fingerprint density at radius 2 is 2.33 bits per heavy atom. The van der Waals surface area contributed by atoms with Gasteiger partial charge in [-0.3, -0.25) is 9.36 Å². The zero-order valence-electron chi connectivity index (χ0n) is 9.97. The fourth-order valence-corrected chi connectivity index (χ4v) is 2.69. The second-order valence-electron chi connectivity index (χ2n) is 3.78. The van der Waals surface area contributed by atoms with Crippen molar-refractivity contribution in [3.8, 4) is 0 Å². The lowest BCUT2D eigenvalue weighted by Crippen LogP contribution is -2.22. The number of carbonyl (C=O) groups is 1. The van der Waals surface area contributed by atoms with Crippen molar-refractivity contribution in [2.24, 2.45) is 0 Å². The molecule has 2 rings (SSSR count). The predicted octanol–water partition coefficient (Wildman–Crippen LogP) is 1.11. The molecule has 0 aliphatic heterocycles. The maximum Gasteiger partial charge on any atom is 0.346 e. The van der Waals surface area contributed by atoms with Gasteiger partial charge < -0.3 is 9.84 Å². The van der Waals surface area contributed by atoms with Crippen molar-refractivity contribution >= 4 is 27.5 Å². The molecule has 7 heteroatoms. The normalized spacial score (nSPS) is 11.0. The number of ether oxygens (including phenoxy) is 1. The molecule has 0 aromatic carbocycles. The van der Waals surface area contributed by atoms with Gasteiger partial charge in [0.05, 0.1) is 24.9 Å². The second kappa shape index (κ2) is 4.87. The Labute approximate surface area is 106 Å². The van der Waals surface area contributed by atoms with Gasteiger partial charge in [0.15, 0.2) is 0 Å². The van der Waals surface area contributed by atoms with Gasteiger partial charge in [-0.1, -0.05) is 0 Å². The molecule has 0 atom stereocenters. The van der Waals surface area contributed by atoms with Gasteiger partial charge in [0.25, 0.3) is 5.56 Å². The minimum absolute atomic E-state index is 0.166. The van der Waals surface area contributed by atoms with Crippen LogP contribution in [0.1, 0.15) is 15.2 Å². The Balaban J connectivity index is 2.63. The fraction of sp³-hybridized carbons (Fsp3) is 0.364. The number of rotatable bonds is 4. The number of hydrogen-bond donors (Lipinski definition) is 1. The predicted molar refractivity (Wildman–Crippen MR) is 67.5 cm³/mol. The largest absolute Gasteiger partial charge is 0.477 e. The number of nitrogens with zero attached hydrogens (tertiary/aromatic N) is 2. The summed E-state index contributed by atoms with van der Waals surface area (Å²) in [6.07, 6.45) is 1.42. The average molecular weight is 268 g/mol. The summed E-state index contributed by atoms with van der Waals surface area (Å²) in [4.78, 5) is 27.9. The van der Waals surface area contributed by atoms with Crippen LogP contribution in [0, 0.1) is 6.92 Å². The second-order valence-corrected chi connectivity index (χ2v) is 4.78. The highest BCUT2D eigenvalue weighted by Crippen LogP contribution is 2.26. The van der Waals surface area contributed by atoms with Gasteiger partial charge in [-0.05, 0) is 12.5 Å². The number of thiophene rings is 1. The quantitative estimate of drug-likeness (QED) is 0.898. The van der Waals surface area contributed by atoms with Crippen molar-refractivity contribution in [1.29, 1.82) is 0 Å². The lowest BCUT2D eigenvalue weighted by atomic mass is 10.2. The van der Waals surface area contributed by atoms with E-state index in [0.717, 1.165) is 11.3 Å². The van der Waals surface area contributed by atoms with Gasteiger partial charge in [-0.2, -0.15) is 0 Å². The zero-order chi connectivity index (χ0) is 13.3. The van der Waals surface area contributed by atoms with Gasteiger partial charge in [-0.15, -0.1) is 11.3 Å². The van der Waals surface area contributed by atoms with E-state index in [1.165, 1.54) is 10.9 Å². The third-order valence-electron chi connectivity index (χ3n) is 2.65. The van der Waals surface area contributed by atoms with Gasteiger partial charge in [0.1, 0.15) is 9.71 Å². The molecule has 2 heterocycles. The summed E-state index contributed by atoms with van der Waals surface area (Å²) in [5.74, 6) is -1.03. The van der Waals surface area contributed by atoms with Crippen molar-refractivity contribution < 1.29 is 14.6 Å². The SMILES string of the molecule is COCCn1cnc2sc(C(=O)O)c(C)c2c1=O. The summed E-state index contributed by atoms with van der Waals surface area (Å²) in [5.41, 5.74) is 0.255. The van der Waals surface area contributed by atoms with Gasteiger partial charge in [0.2, 0.25) is 0 Å². The van der Waals surface area contributed by atoms with Crippen LogP contribution in [0.15, 0.2) is 11.1 Å². The van der Waals surface area contributed by atoms with Crippen molar-refractivity contribution in [2.45, 2.75) is 13.5 Å². The van der Waals surface area contributed by atoms with E-state index in [-0.39, 0.29) is 10.4 Å². The van der Waals surface area contributed by atoms with Crippen molar-refractivity contribution in [3.63, 3.8) is 0 Å². The van der Waals surface area contributed by atoms with Crippen LogP contribution in [0.2, 0.25) is 0 Å². The number of carboxylic acids is 1. The molecule has 2 aromatic rings. The van der Waals surface area contributed by atoms with E-state index in [4.69, 9.17) is 9.84 Å². The molecule has 6 nitrogen and oxygen atoms in total. The molecule has 1 N–H and O–H groups in total. The van der Waals surface area contributed by atoms with Crippen molar-refractivity contribution in [2.75, 3.05) is 13.7 Å². The lowest BCUT2D eigenvalue weighted by Gasteiger charge is -2.03. The van der Waals surface area contributed by atoms with E-state index in [1.54, 1.807) is 14.0 Å². The highest BCUT2D eigenvalue weighted by atomic mass is 32.1. The molecule has 0 saturated heterocycles. The minimum atomic E-state index is -1.03. The Hall–Kier alpha value is -1.73. The Morgan fingerprint density at radius 3 is 2.94 bits per heavy atom. The standard InChI is InChI=1S/C11H12N2O4S/c1-6-7-9(18-8(6)11(15)16)12-5-13(10(7)14)3-4-17-2/h5H,3-4H2,1-2H3,(H,15,16). The average Bonchev–Trinajstić information content (AvgIpc) is 2.67. The van der Waals surface area contributed by atoms with E-state index in [1.807, 2.05) is 0 Å². The van der Waals surface area contributed by atoms with Crippen LogP contribution >= 0.6 is 11.3 Å². The highest BCUT2D eigenvalue weighted by molar-refractivity contribution is 7.20. The van der Waals surface area contributed by atoms with E-state index < -0.39 is 5.97 Å². The number of aryl methyl sites for hydroxylation is 1. The number of aromatic nitrogens is 2. The topological polar surface area (TPSA) is 81.4 Å². The molecule has 0 bridgehead atoms. The van der Waals surface area contributed by atoms with Crippen molar-refractivity contribution in [3.05, 3.63) is 27.1 Å². The first-order valence-electron chi connectivity index (χ1n) is 5.27. The summed E-state index contributed by atoms with van der Waals surface area (Å²) in [7, 11) is 1.55. The molecule has 0 fully saturated rings. The highest BCUT2D eigenvalue weighted by Gasteiger charge is 2.18. The fourth-order valence-electron chi connectivity index (χ4n) is 1.71. The number of fused-ring (bicyclic) bond motifs is 1. The summed E-state index contributed by atoms with van der Waals surface area (Å²) in [6.45, 7) is 2.43. The molecule has 0 aliphatic rings. The summed E-state index contributed by atoms with van der Waals surface area (Å²) >= 11 is 1.02. The van der Waals surface area contributed by atoms with E-state index in [2.05, 4.69) is 4.98 Å². The third kappa shape index (κ3) is 2.02. The van der Waals surface area contributed by atoms with E-state index >= 15 is 0 Å². The van der Waals surface area contributed by atoms with Gasteiger partial charge >= 0.3 is 5.97 Å². The Kier molecular flexibility index (Phi) is 3.44. The number of aromatic carboxylic acids is 1. The summed E-state index contributed by atoms with van der Waals surface area (Å²) in [5, 5.41) is 9.41. The Bertz CT molecular complexity index is 659. The molecule has 0 spiro atoms. The van der Waals surface area contributed by atoms with Crippen LogP contribution in [0.25, 0.3) is 10.2 Å². The van der Waals surface area contributed by atoms with E-state index in [9.17, 15) is 9.59 Å². The first-order valence-corrected chi connectivity index (χ1v) is 6.08. The zero-order valence-corrected chi connectivity index (χ0v) is 10.8. The van der Waals surface area contributed by atoms with Crippen LogP contribution < -0.4 is 5.56 Å². The van der Waals surface area contributed by atoms with Gasteiger partial charge in [0, 0.05) is 7.11 Å². The molecular weight excluding hydrogens is 256 g/mol. The smallest absolute Gasteiger partial charge is 0.346 e. The maximum atomic E-state index is 12.2. The molecule has 96 valence electrons. The molecule has 0 saturated carbocycles. The third-order valence-corrected chi connectivity index (χ3v) is 3.84. The van der Waals surface area contributed by atoms with Crippen LogP contribution in [-0.4, -0.2) is 34.3 Å². The van der Waals surface area contributed by atoms with Crippen LogP contribution in [0.3, 0.4) is 0 Å². The maximum absolute atomic E-state index is 12.2. The molecule has 0 amide bonds. The number of carboxylic acid groups (broad SMARTS) is 1. The molecule has 2 aromatic heterocycles. The van der Waals surface area contributed by atoms with Crippen LogP contribution in [0.5, 0.6) is 0 Å². The molecule has 0 unspecified atom stereocenters. The van der Waals surface area contributed by atoms with E-state index in [0.29, 0.717) is 28.9 Å². The lowest BCUT2D eigenvalue weighted by molar-refractivity contribution is 0.0701. The monoisotopic (exact) mass is 268 g/mol. The van der Waals surface area contributed by atoms with Gasteiger partial charge in [-0.25, -0.2) is 9.78 Å². The minimum Gasteiger partial charge on any atom is -0.477 e.